The molecule has 3 atom stereocenters. The Kier molecular flexibility index (Phi) is 15.1. The van der Waals surface area contributed by atoms with E-state index in [1.807, 2.05) is 18.2 Å². The van der Waals surface area contributed by atoms with Crippen molar-refractivity contribution in [1.82, 2.24) is 0 Å². The first-order valence-electron chi connectivity index (χ1n) is 9.21. The standard InChI is InChI=1S/C20H34O5/c1-2-3-4-5-6-10-13-18(22)19(23)16-15-17(21)12-9-7-8-11-14-20(24)25/h6-7,9-10,15-19,21-23H,2-5,8,11-14H2,1H3,(H,24,25)/b9-7-,10-6-,16-15+/t17?,18-,19?/m0/s1. The topological polar surface area (TPSA) is 98.0 Å². The molecule has 0 heterocycles. The van der Waals surface area contributed by atoms with Gasteiger partial charge in [-0.25, -0.2) is 0 Å². The molecule has 0 bridgehead atoms. The van der Waals surface area contributed by atoms with Crippen LogP contribution in [0.3, 0.4) is 0 Å². The Bertz CT molecular complexity index is 414. The van der Waals surface area contributed by atoms with Crippen molar-refractivity contribution in [2.45, 2.75) is 83.0 Å². The van der Waals surface area contributed by atoms with E-state index in [2.05, 4.69) is 6.92 Å². The van der Waals surface area contributed by atoms with E-state index >= 15 is 0 Å². The maximum absolute atomic E-state index is 10.3. The van der Waals surface area contributed by atoms with E-state index in [9.17, 15) is 20.1 Å². The minimum absolute atomic E-state index is 0.143. The highest BCUT2D eigenvalue weighted by molar-refractivity contribution is 5.66. The average Bonchev–Trinajstić information content (AvgIpc) is 2.58. The fraction of sp³-hybridized carbons (Fsp3) is 0.650. The largest absolute Gasteiger partial charge is 0.481 e. The number of carboxylic acid groups (broad SMARTS) is 1. The van der Waals surface area contributed by atoms with Gasteiger partial charge in [-0.05, 0) is 38.5 Å². The second kappa shape index (κ2) is 16.1. The van der Waals surface area contributed by atoms with Crippen molar-refractivity contribution >= 4 is 5.97 Å². The minimum atomic E-state index is -1.01. The molecule has 0 radical (unpaired) electrons. The zero-order chi connectivity index (χ0) is 18.9. The Morgan fingerprint density at radius 3 is 2.16 bits per heavy atom. The first-order valence-corrected chi connectivity index (χ1v) is 9.21. The summed E-state index contributed by atoms with van der Waals surface area (Å²) in [4.78, 5) is 10.3. The Hall–Kier alpha value is -1.43. The molecule has 0 aromatic rings. The molecule has 0 saturated heterocycles. The van der Waals surface area contributed by atoms with Gasteiger partial charge in [-0.3, -0.25) is 4.79 Å². The minimum Gasteiger partial charge on any atom is -0.481 e. The molecular formula is C20H34O5. The lowest BCUT2D eigenvalue weighted by atomic mass is 10.1. The lowest BCUT2D eigenvalue weighted by Gasteiger charge is -2.13. The molecule has 0 rings (SSSR count). The third kappa shape index (κ3) is 15.8. The van der Waals surface area contributed by atoms with Gasteiger partial charge in [0, 0.05) is 6.42 Å². The highest BCUT2D eigenvalue weighted by Gasteiger charge is 2.11. The zero-order valence-electron chi connectivity index (χ0n) is 15.3. The van der Waals surface area contributed by atoms with E-state index in [0.717, 1.165) is 12.8 Å². The van der Waals surface area contributed by atoms with E-state index in [4.69, 9.17) is 5.11 Å². The van der Waals surface area contributed by atoms with Gasteiger partial charge < -0.3 is 20.4 Å². The number of carbonyl (C=O) groups is 1. The van der Waals surface area contributed by atoms with Crippen LogP contribution in [0.5, 0.6) is 0 Å². The summed E-state index contributed by atoms with van der Waals surface area (Å²) in [5, 5.41) is 38.0. The molecule has 144 valence electrons. The summed E-state index contributed by atoms with van der Waals surface area (Å²) in [5.74, 6) is -0.806. The van der Waals surface area contributed by atoms with Crippen LogP contribution in [0.25, 0.3) is 0 Å². The van der Waals surface area contributed by atoms with Gasteiger partial charge in [0.25, 0.3) is 0 Å². The number of allylic oxidation sites excluding steroid dienone is 2. The van der Waals surface area contributed by atoms with Crippen molar-refractivity contribution in [3.8, 4) is 0 Å². The molecule has 0 aliphatic heterocycles. The van der Waals surface area contributed by atoms with Gasteiger partial charge in [-0.1, -0.05) is 56.2 Å². The summed E-state index contributed by atoms with van der Waals surface area (Å²) in [7, 11) is 0. The van der Waals surface area contributed by atoms with Gasteiger partial charge in [-0.2, -0.15) is 0 Å². The SMILES string of the molecule is CCCCC/C=C\C[C@H](O)C(O)/C=C/C(O)C/C=C\CCCC(=O)O. The second-order valence-electron chi connectivity index (χ2n) is 6.21. The Morgan fingerprint density at radius 2 is 1.52 bits per heavy atom. The fourth-order valence-corrected chi connectivity index (χ4v) is 2.18. The average molecular weight is 354 g/mol. The lowest BCUT2D eigenvalue weighted by Crippen LogP contribution is -2.23. The highest BCUT2D eigenvalue weighted by Crippen LogP contribution is 2.06. The number of hydrogen-bond acceptors (Lipinski definition) is 4. The molecule has 4 N–H and O–H groups in total. The molecule has 5 nitrogen and oxygen atoms in total. The third-order valence-electron chi connectivity index (χ3n) is 3.75. The van der Waals surface area contributed by atoms with Crippen LogP contribution in [-0.2, 0) is 4.79 Å². The quantitative estimate of drug-likeness (QED) is 0.267. The van der Waals surface area contributed by atoms with Crippen molar-refractivity contribution in [2.24, 2.45) is 0 Å². The van der Waals surface area contributed by atoms with Crippen LogP contribution < -0.4 is 0 Å². The molecule has 0 aliphatic carbocycles. The summed E-state index contributed by atoms with van der Waals surface area (Å²) >= 11 is 0. The molecule has 2 unspecified atom stereocenters. The molecule has 0 aromatic carbocycles. The molecule has 0 amide bonds. The lowest BCUT2D eigenvalue weighted by molar-refractivity contribution is -0.137. The fourth-order valence-electron chi connectivity index (χ4n) is 2.18. The van der Waals surface area contributed by atoms with Gasteiger partial charge in [0.15, 0.2) is 0 Å². The number of hydrogen-bond donors (Lipinski definition) is 4. The predicted octanol–water partition coefficient (Wildman–Crippen LogP) is 3.35. The summed E-state index contributed by atoms with van der Waals surface area (Å²) in [6.07, 6.45) is 14.5. The van der Waals surface area contributed by atoms with Gasteiger partial charge in [0.1, 0.15) is 0 Å². The van der Waals surface area contributed by atoms with Crippen LogP contribution in [-0.4, -0.2) is 44.7 Å². The normalized spacial score (nSPS) is 16.0. The van der Waals surface area contributed by atoms with E-state index in [-0.39, 0.29) is 6.42 Å². The van der Waals surface area contributed by atoms with E-state index < -0.39 is 24.3 Å². The number of aliphatic hydroxyl groups is 3. The van der Waals surface area contributed by atoms with Crippen LogP contribution >= 0.6 is 0 Å². The first-order chi connectivity index (χ1) is 12.0. The summed E-state index contributed by atoms with van der Waals surface area (Å²) in [6, 6.07) is 0. The van der Waals surface area contributed by atoms with Crippen LogP contribution in [0.4, 0.5) is 0 Å². The molecule has 5 heteroatoms. The molecule has 0 fully saturated rings. The van der Waals surface area contributed by atoms with Crippen LogP contribution in [0, 0.1) is 0 Å². The van der Waals surface area contributed by atoms with E-state index in [1.54, 1.807) is 6.08 Å². The Labute approximate surface area is 151 Å². The Balaban J connectivity index is 3.91. The van der Waals surface area contributed by atoms with Crippen LogP contribution in [0.15, 0.2) is 36.5 Å². The second-order valence-corrected chi connectivity index (χ2v) is 6.21. The van der Waals surface area contributed by atoms with Crippen molar-refractivity contribution in [3.63, 3.8) is 0 Å². The van der Waals surface area contributed by atoms with Crippen molar-refractivity contribution in [2.75, 3.05) is 0 Å². The maximum atomic E-state index is 10.3. The predicted molar refractivity (Wildman–Crippen MR) is 100 cm³/mol. The van der Waals surface area contributed by atoms with E-state index in [0.29, 0.717) is 25.7 Å². The van der Waals surface area contributed by atoms with E-state index in [1.165, 1.54) is 25.0 Å². The van der Waals surface area contributed by atoms with Gasteiger partial charge >= 0.3 is 5.97 Å². The summed E-state index contributed by atoms with van der Waals surface area (Å²) in [6.45, 7) is 2.15. The number of rotatable bonds is 15. The molecule has 0 aliphatic rings. The van der Waals surface area contributed by atoms with Crippen LogP contribution in [0.1, 0.15) is 64.7 Å². The number of carboxylic acids is 1. The summed E-state index contributed by atoms with van der Waals surface area (Å²) in [5.41, 5.74) is 0. The molecule has 0 aromatic heterocycles. The monoisotopic (exact) mass is 354 g/mol. The number of aliphatic carboxylic acids is 1. The van der Waals surface area contributed by atoms with Gasteiger partial charge in [0.2, 0.25) is 0 Å². The van der Waals surface area contributed by atoms with Gasteiger partial charge in [-0.15, -0.1) is 0 Å². The van der Waals surface area contributed by atoms with Gasteiger partial charge in [0.05, 0.1) is 18.3 Å². The number of unbranched alkanes of at least 4 members (excludes halogenated alkanes) is 4. The highest BCUT2D eigenvalue weighted by atomic mass is 16.4. The molecule has 25 heavy (non-hydrogen) atoms. The van der Waals surface area contributed by atoms with Crippen molar-refractivity contribution in [1.29, 1.82) is 0 Å². The molecule has 0 saturated carbocycles. The number of aliphatic hydroxyl groups excluding tert-OH is 3. The smallest absolute Gasteiger partial charge is 0.303 e. The zero-order valence-corrected chi connectivity index (χ0v) is 15.3. The first kappa shape index (κ1) is 23.6. The van der Waals surface area contributed by atoms with Crippen molar-refractivity contribution in [3.05, 3.63) is 36.5 Å². The molecule has 0 spiro atoms. The van der Waals surface area contributed by atoms with Crippen molar-refractivity contribution < 1.29 is 25.2 Å². The Morgan fingerprint density at radius 1 is 0.880 bits per heavy atom. The third-order valence-corrected chi connectivity index (χ3v) is 3.75. The summed E-state index contributed by atoms with van der Waals surface area (Å²) < 4.78 is 0. The maximum Gasteiger partial charge on any atom is 0.303 e. The molecular weight excluding hydrogens is 320 g/mol. The van der Waals surface area contributed by atoms with Crippen LogP contribution in [0.2, 0.25) is 0 Å².